The van der Waals surface area contributed by atoms with Crippen LogP contribution in [0, 0.1) is 0 Å². The number of rotatable bonds is 1. The van der Waals surface area contributed by atoms with E-state index in [1.165, 1.54) is 5.57 Å². The monoisotopic (exact) mass is 121 g/mol. The Labute approximate surface area is 55.8 Å². The molecule has 1 heteroatoms. The molecule has 0 radical (unpaired) electrons. The highest BCUT2D eigenvalue weighted by atomic mass is 14.9. The molecule has 0 aliphatic heterocycles. The third-order valence-electron chi connectivity index (χ3n) is 1.74. The van der Waals surface area contributed by atoms with Crippen molar-refractivity contribution in [2.45, 2.75) is 6.92 Å². The summed E-state index contributed by atoms with van der Waals surface area (Å²) in [6.45, 7) is 9.69. The van der Waals surface area contributed by atoms with Crippen LogP contribution in [0.2, 0.25) is 0 Å². The smallest absolute Gasteiger partial charge is 0.0446 e. The lowest BCUT2D eigenvalue weighted by atomic mass is 9.85. The molecule has 9 heavy (non-hydrogen) atoms. The van der Waals surface area contributed by atoms with Gasteiger partial charge in [0.2, 0.25) is 0 Å². The van der Waals surface area contributed by atoms with Crippen molar-refractivity contribution in [2.24, 2.45) is 0 Å². The highest BCUT2D eigenvalue weighted by molar-refractivity contribution is 5.65. The van der Waals surface area contributed by atoms with Crippen LogP contribution in [0.25, 0.3) is 0 Å². The molecule has 0 aromatic rings. The van der Waals surface area contributed by atoms with Gasteiger partial charge in [0.25, 0.3) is 0 Å². The van der Waals surface area contributed by atoms with Gasteiger partial charge >= 0.3 is 0 Å². The zero-order chi connectivity index (χ0) is 7.02. The number of hydrogen-bond acceptors (Lipinski definition) is 1. The lowest BCUT2D eigenvalue weighted by Crippen LogP contribution is -2.19. The lowest BCUT2D eigenvalue weighted by Gasteiger charge is -2.26. The van der Waals surface area contributed by atoms with Crippen molar-refractivity contribution in [3.05, 3.63) is 35.6 Å². The maximum atomic E-state index is 3.82. The van der Waals surface area contributed by atoms with E-state index in [9.17, 15) is 0 Å². The normalized spacial score (nSPS) is 18.0. The van der Waals surface area contributed by atoms with E-state index in [-0.39, 0.29) is 0 Å². The van der Waals surface area contributed by atoms with E-state index in [0.717, 1.165) is 16.8 Å². The molecule has 0 fully saturated rings. The molecule has 0 spiro atoms. The molecular weight excluding hydrogens is 110 g/mol. The fourth-order valence-corrected chi connectivity index (χ4v) is 1.03. The summed E-state index contributed by atoms with van der Waals surface area (Å²) < 4.78 is 0. The summed E-state index contributed by atoms with van der Waals surface area (Å²) in [5.74, 6) is 0. The third kappa shape index (κ3) is 0.611. The molecule has 1 rings (SSSR count). The number of hydrogen-bond donors (Lipinski definition) is 1. The summed E-state index contributed by atoms with van der Waals surface area (Å²) in [7, 11) is 1.90. The van der Waals surface area contributed by atoms with E-state index in [2.05, 4.69) is 18.5 Å². The SMILES string of the molecule is C=C1C(=C)C(NC)=C1C. The average Bonchev–Trinajstić information content (AvgIpc) is 1.89. The highest BCUT2D eigenvalue weighted by Gasteiger charge is 2.20. The van der Waals surface area contributed by atoms with Gasteiger partial charge in [-0.1, -0.05) is 13.2 Å². The van der Waals surface area contributed by atoms with Gasteiger partial charge in [-0.05, 0) is 23.6 Å². The Kier molecular flexibility index (Phi) is 1.20. The van der Waals surface area contributed by atoms with Gasteiger partial charge in [-0.2, -0.15) is 0 Å². The molecule has 1 nitrogen and oxygen atoms in total. The van der Waals surface area contributed by atoms with Crippen LogP contribution in [0.15, 0.2) is 35.6 Å². The Morgan fingerprint density at radius 2 is 1.78 bits per heavy atom. The Balaban J connectivity index is 2.96. The van der Waals surface area contributed by atoms with Crippen molar-refractivity contribution in [2.75, 3.05) is 7.05 Å². The second-order valence-corrected chi connectivity index (χ2v) is 2.21. The average molecular weight is 121 g/mol. The fourth-order valence-electron chi connectivity index (χ4n) is 1.03. The molecule has 1 N–H and O–H groups in total. The van der Waals surface area contributed by atoms with Crippen LogP contribution in [-0.4, -0.2) is 7.05 Å². The Hall–Kier alpha value is -0.980. The molecule has 1 aliphatic rings. The summed E-state index contributed by atoms with van der Waals surface area (Å²) in [4.78, 5) is 0. The molecular formula is C8H11N. The molecule has 0 saturated heterocycles. The standard InChI is InChI=1S/C8H11N/c1-5-6(2)8(9-4)7(5)3/h9H,1-2H2,3-4H3. The molecule has 0 aromatic heterocycles. The van der Waals surface area contributed by atoms with Gasteiger partial charge in [-0.25, -0.2) is 0 Å². The van der Waals surface area contributed by atoms with Crippen LogP contribution in [0.4, 0.5) is 0 Å². The lowest BCUT2D eigenvalue weighted by molar-refractivity contribution is 0.941. The van der Waals surface area contributed by atoms with Crippen molar-refractivity contribution < 1.29 is 0 Å². The Morgan fingerprint density at radius 1 is 1.22 bits per heavy atom. The van der Waals surface area contributed by atoms with E-state index in [4.69, 9.17) is 0 Å². The number of allylic oxidation sites excluding steroid dienone is 2. The second-order valence-electron chi connectivity index (χ2n) is 2.21. The molecule has 0 unspecified atom stereocenters. The second kappa shape index (κ2) is 1.76. The third-order valence-corrected chi connectivity index (χ3v) is 1.74. The van der Waals surface area contributed by atoms with Gasteiger partial charge in [-0.15, -0.1) is 0 Å². The summed E-state index contributed by atoms with van der Waals surface area (Å²) in [6, 6.07) is 0. The van der Waals surface area contributed by atoms with Gasteiger partial charge in [-0.3, -0.25) is 0 Å². The first-order chi connectivity index (χ1) is 4.18. The molecule has 0 saturated carbocycles. The van der Waals surface area contributed by atoms with E-state index in [0.29, 0.717) is 0 Å². The first-order valence-corrected chi connectivity index (χ1v) is 2.96. The molecule has 0 bridgehead atoms. The molecule has 0 amide bonds. The van der Waals surface area contributed by atoms with Crippen LogP contribution < -0.4 is 5.32 Å². The summed E-state index contributed by atoms with van der Waals surface area (Å²) in [5.41, 5.74) is 4.52. The molecule has 0 atom stereocenters. The first kappa shape index (κ1) is 6.14. The molecule has 48 valence electrons. The van der Waals surface area contributed by atoms with Gasteiger partial charge in [0, 0.05) is 12.7 Å². The maximum Gasteiger partial charge on any atom is 0.0446 e. The minimum absolute atomic E-state index is 1.05. The van der Waals surface area contributed by atoms with Gasteiger partial charge in [0.1, 0.15) is 0 Å². The van der Waals surface area contributed by atoms with Crippen LogP contribution in [0.3, 0.4) is 0 Å². The van der Waals surface area contributed by atoms with Crippen LogP contribution >= 0.6 is 0 Å². The minimum Gasteiger partial charge on any atom is -0.387 e. The largest absolute Gasteiger partial charge is 0.387 e. The maximum absolute atomic E-state index is 3.82. The van der Waals surface area contributed by atoms with Crippen LogP contribution in [-0.2, 0) is 0 Å². The van der Waals surface area contributed by atoms with Gasteiger partial charge in [0.15, 0.2) is 0 Å². The Bertz CT molecular complexity index is 209. The van der Waals surface area contributed by atoms with Gasteiger partial charge in [0.05, 0.1) is 0 Å². The fraction of sp³-hybridized carbons (Fsp3) is 0.250. The zero-order valence-electron chi connectivity index (χ0n) is 5.91. The summed E-state index contributed by atoms with van der Waals surface area (Å²) >= 11 is 0. The molecule has 0 heterocycles. The van der Waals surface area contributed by atoms with E-state index < -0.39 is 0 Å². The van der Waals surface area contributed by atoms with E-state index in [1.54, 1.807) is 0 Å². The number of nitrogens with one attached hydrogen (secondary N) is 1. The van der Waals surface area contributed by atoms with Crippen LogP contribution in [0.1, 0.15) is 6.92 Å². The topological polar surface area (TPSA) is 12.0 Å². The first-order valence-electron chi connectivity index (χ1n) is 2.96. The van der Waals surface area contributed by atoms with Crippen LogP contribution in [0.5, 0.6) is 0 Å². The van der Waals surface area contributed by atoms with Crippen molar-refractivity contribution >= 4 is 0 Å². The highest BCUT2D eigenvalue weighted by Crippen LogP contribution is 2.34. The predicted octanol–water partition coefficient (Wildman–Crippen LogP) is 1.61. The molecule has 1 aliphatic carbocycles. The number of likely N-dealkylation sites (N-methyl/N-ethyl adjacent to an activating group) is 1. The molecule has 0 aromatic carbocycles. The van der Waals surface area contributed by atoms with Crippen molar-refractivity contribution in [1.29, 1.82) is 0 Å². The van der Waals surface area contributed by atoms with E-state index in [1.807, 2.05) is 14.0 Å². The Morgan fingerprint density at radius 3 is 2.00 bits per heavy atom. The zero-order valence-corrected chi connectivity index (χ0v) is 5.91. The predicted molar refractivity (Wildman–Crippen MR) is 40.0 cm³/mol. The van der Waals surface area contributed by atoms with Crippen molar-refractivity contribution in [3.63, 3.8) is 0 Å². The van der Waals surface area contributed by atoms with Crippen molar-refractivity contribution in [3.8, 4) is 0 Å². The quantitative estimate of drug-likeness (QED) is 0.555. The van der Waals surface area contributed by atoms with Gasteiger partial charge < -0.3 is 5.32 Å². The van der Waals surface area contributed by atoms with E-state index >= 15 is 0 Å². The minimum atomic E-state index is 1.05. The van der Waals surface area contributed by atoms with Crippen molar-refractivity contribution in [1.82, 2.24) is 5.32 Å². The summed E-state index contributed by atoms with van der Waals surface area (Å²) in [6.07, 6.45) is 0. The summed E-state index contributed by atoms with van der Waals surface area (Å²) in [5, 5.41) is 3.05.